The SMILES string of the molecule is CC1(C)CCN1C(=O)C(F)F. The number of alkyl halides is 2. The lowest BCUT2D eigenvalue weighted by Gasteiger charge is -2.48. The van der Waals surface area contributed by atoms with Crippen LogP contribution < -0.4 is 0 Å². The van der Waals surface area contributed by atoms with Crippen molar-refractivity contribution < 1.29 is 13.6 Å². The van der Waals surface area contributed by atoms with Gasteiger partial charge >= 0.3 is 6.43 Å². The molecule has 0 unspecified atom stereocenters. The highest BCUT2D eigenvalue weighted by Crippen LogP contribution is 2.30. The molecule has 0 aromatic heterocycles. The summed E-state index contributed by atoms with van der Waals surface area (Å²) in [6.07, 6.45) is -2.04. The fourth-order valence-electron chi connectivity index (χ4n) is 1.20. The number of amides is 1. The summed E-state index contributed by atoms with van der Waals surface area (Å²) in [6, 6.07) is 0. The monoisotopic (exact) mass is 163 g/mol. The number of carbonyl (C=O) groups excluding carboxylic acids is 1. The molecule has 0 aromatic carbocycles. The first kappa shape index (κ1) is 8.43. The van der Waals surface area contributed by atoms with Crippen LogP contribution in [0.25, 0.3) is 0 Å². The smallest absolute Gasteiger partial charge is 0.315 e. The maximum absolute atomic E-state index is 11.9. The van der Waals surface area contributed by atoms with E-state index in [-0.39, 0.29) is 5.54 Å². The van der Waals surface area contributed by atoms with Crippen LogP contribution in [0.3, 0.4) is 0 Å². The van der Waals surface area contributed by atoms with Crippen LogP contribution in [0.2, 0.25) is 0 Å². The number of rotatable bonds is 1. The zero-order chi connectivity index (χ0) is 8.65. The first-order chi connectivity index (χ1) is 4.95. The van der Waals surface area contributed by atoms with Gasteiger partial charge in [0.1, 0.15) is 0 Å². The summed E-state index contributed by atoms with van der Waals surface area (Å²) in [7, 11) is 0. The summed E-state index contributed by atoms with van der Waals surface area (Å²) in [6.45, 7) is 4.05. The molecule has 0 bridgehead atoms. The lowest BCUT2D eigenvalue weighted by molar-refractivity contribution is -0.156. The highest BCUT2D eigenvalue weighted by molar-refractivity contribution is 5.80. The predicted molar refractivity (Wildman–Crippen MR) is 36.4 cm³/mol. The molecule has 1 aliphatic rings. The summed E-state index contributed by atoms with van der Waals surface area (Å²) < 4.78 is 23.7. The summed E-state index contributed by atoms with van der Waals surface area (Å²) in [4.78, 5) is 11.9. The van der Waals surface area contributed by atoms with Gasteiger partial charge < -0.3 is 4.90 Å². The second kappa shape index (κ2) is 2.43. The molecule has 2 nitrogen and oxygen atoms in total. The van der Waals surface area contributed by atoms with Crippen LogP contribution in [0.5, 0.6) is 0 Å². The van der Waals surface area contributed by atoms with E-state index >= 15 is 0 Å². The molecule has 0 aromatic rings. The Bertz CT molecular complexity index is 179. The maximum atomic E-state index is 11.9. The predicted octanol–water partition coefficient (Wildman–Crippen LogP) is 1.26. The van der Waals surface area contributed by atoms with Crippen molar-refractivity contribution in [2.45, 2.75) is 32.2 Å². The number of carbonyl (C=O) groups is 1. The van der Waals surface area contributed by atoms with E-state index < -0.39 is 12.3 Å². The molecule has 4 heteroatoms. The Balaban J connectivity index is 2.56. The van der Waals surface area contributed by atoms with Crippen molar-refractivity contribution in [1.29, 1.82) is 0 Å². The minimum atomic E-state index is -2.85. The number of halogens is 2. The molecule has 1 fully saturated rings. The highest BCUT2D eigenvalue weighted by Gasteiger charge is 2.41. The number of hydrogen-bond donors (Lipinski definition) is 0. The summed E-state index contributed by atoms with van der Waals surface area (Å²) >= 11 is 0. The Kier molecular flexibility index (Phi) is 1.86. The molecule has 11 heavy (non-hydrogen) atoms. The number of hydrogen-bond acceptors (Lipinski definition) is 1. The van der Waals surface area contributed by atoms with Crippen LogP contribution in [-0.2, 0) is 4.79 Å². The van der Waals surface area contributed by atoms with Crippen LogP contribution in [0, 0.1) is 0 Å². The summed E-state index contributed by atoms with van der Waals surface area (Å²) in [5.41, 5.74) is -0.354. The van der Waals surface area contributed by atoms with E-state index in [1.807, 2.05) is 0 Å². The van der Waals surface area contributed by atoms with Gasteiger partial charge in [0.25, 0.3) is 5.91 Å². The molecule has 1 heterocycles. The van der Waals surface area contributed by atoms with E-state index in [9.17, 15) is 13.6 Å². The molecule has 1 amide bonds. The van der Waals surface area contributed by atoms with Gasteiger partial charge in [0.15, 0.2) is 0 Å². The molecule has 0 atom stereocenters. The Labute approximate surface area is 64.2 Å². The van der Waals surface area contributed by atoms with E-state index in [1.54, 1.807) is 13.8 Å². The van der Waals surface area contributed by atoms with Crippen LogP contribution in [0.15, 0.2) is 0 Å². The van der Waals surface area contributed by atoms with Gasteiger partial charge in [-0.15, -0.1) is 0 Å². The van der Waals surface area contributed by atoms with Crippen molar-refractivity contribution >= 4 is 5.91 Å². The van der Waals surface area contributed by atoms with Crippen LogP contribution in [0.1, 0.15) is 20.3 Å². The van der Waals surface area contributed by atoms with Gasteiger partial charge in [-0.05, 0) is 20.3 Å². The van der Waals surface area contributed by atoms with E-state index in [4.69, 9.17) is 0 Å². The lowest BCUT2D eigenvalue weighted by Crippen LogP contribution is -2.59. The molecule has 1 rings (SSSR count). The molecular formula is C7H11F2NO. The molecule has 0 aliphatic carbocycles. The molecule has 0 radical (unpaired) electrons. The van der Waals surface area contributed by atoms with Gasteiger partial charge in [-0.2, -0.15) is 8.78 Å². The molecule has 64 valence electrons. The van der Waals surface area contributed by atoms with Crippen molar-refractivity contribution in [2.24, 2.45) is 0 Å². The minimum absolute atomic E-state index is 0.354. The van der Waals surface area contributed by atoms with E-state index in [0.717, 1.165) is 6.42 Å². The lowest BCUT2D eigenvalue weighted by atomic mass is 9.89. The van der Waals surface area contributed by atoms with Gasteiger partial charge in [0.05, 0.1) is 0 Å². The van der Waals surface area contributed by atoms with Crippen molar-refractivity contribution in [1.82, 2.24) is 4.90 Å². The van der Waals surface area contributed by atoms with Gasteiger partial charge in [0, 0.05) is 12.1 Å². The normalized spacial score (nSPS) is 21.7. The van der Waals surface area contributed by atoms with Crippen molar-refractivity contribution in [3.05, 3.63) is 0 Å². The Morgan fingerprint density at radius 2 is 2.09 bits per heavy atom. The standard InChI is InChI=1S/C7H11F2NO/c1-7(2)3-4-10(7)6(11)5(8)9/h5H,3-4H2,1-2H3. The quantitative estimate of drug-likeness (QED) is 0.570. The molecule has 1 saturated heterocycles. The number of likely N-dealkylation sites (tertiary alicyclic amines) is 1. The zero-order valence-corrected chi connectivity index (χ0v) is 6.60. The summed E-state index contributed by atoms with van der Waals surface area (Å²) in [5.74, 6) is -1.04. The second-order valence-electron chi connectivity index (χ2n) is 3.35. The fraction of sp³-hybridized carbons (Fsp3) is 0.857. The minimum Gasteiger partial charge on any atom is -0.332 e. The topological polar surface area (TPSA) is 20.3 Å². The largest absolute Gasteiger partial charge is 0.332 e. The Morgan fingerprint density at radius 1 is 1.55 bits per heavy atom. The van der Waals surface area contributed by atoms with Crippen molar-refractivity contribution in [2.75, 3.05) is 6.54 Å². The van der Waals surface area contributed by atoms with Crippen molar-refractivity contribution in [3.63, 3.8) is 0 Å². The van der Waals surface area contributed by atoms with E-state index in [2.05, 4.69) is 0 Å². The summed E-state index contributed by atoms with van der Waals surface area (Å²) in [5, 5.41) is 0. The first-order valence-electron chi connectivity index (χ1n) is 3.55. The van der Waals surface area contributed by atoms with Gasteiger partial charge in [-0.25, -0.2) is 0 Å². The highest BCUT2D eigenvalue weighted by atomic mass is 19.3. The second-order valence-corrected chi connectivity index (χ2v) is 3.35. The molecule has 0 spiro atoms. The average Bonchev–Trinajstić information content (AvgIpc) is 1.85. The zero-order valence-electron chi connectivity index (χ0n) is 6.60. The molecular weight excluding hydrogens is 152 g/mol. The maximum Gasteiger partial charge on any atom is 0.315 e. The Hall–Kier alpha value is -0.670. The molecule has 0 N–H and O–H groups in total. The Morgan fingerprint density at radius 3 is 2.18 bits per heavy atom. The van der Waals surface area contributed by atoms with Crippen LogP contribution >= 0.6 is 0 Å². The number of nitrogens with zero attached hydrogens (tertiary/aromatic N) is 1. The molecule has 1 aliphatic heterocycles. The third kappa shape index (κ3) is 1.34. The van der Waals surface area contributed by atoms with Gasteiger partial charge in [-0.1, -0.05) is 0 Å². The van der Waals surface area contributed by atoms with Gasteiger partial charge in [-0.3, -0.25) is 4.79 Å². The third-order valence-electron chi connectivity index (χ3n) is 2.13. The van der Waals surface area contributed by atoms with E-state index in [0.29, 0.717) is 6.54 Å². The van der Waals surface area contributed by atoms with Crippen LogP contribution in [-0.4, -0.2) is 29.3 Å². The third-order valence-corrected chi connectivity index (χ3v) is 2.13. The average molecular weight is 163 g/mol. The van der Waals surface area contributed by atoms with Crippen LogP contribution in [0.4, 0.5) is 8.78 Å². The fourth-order valence-corrected chi connectivity index (χ4v) is 1.20. The van der Waals surface area contributed by atoms with Crippen molar-refractivity contribution in [3.8, 4) is 0 Å². The van der Waals surface area contributed by atoms with E-state index in [1.165, 1.54) is 4.90 Å². The first-order valence-corrected chi connectivity index (χ1v) is 3.55. The van der Waals surface area contributed by atoms with Gasteiger partial charge in [0.2, 0.25) is 0 Å². The molecule has 0 saturated carbocycles.